The van der Waals surface area contributed by atoms with E-state index in [1.54, 1.807) is 37.8 Å². The molecule has 0 aromatic carbocycles. The van der Waals surface area contributed by atoms with E-state index in [0.717, 1.165) is 5.56 Å². The van der Waals surface area contributed by atoms with Gasteiger partial charge in [-0.15, -0.1) is 0 Å². The Labute approximate surface area is 105 Å². The van der Waals surface area contributed by atoms with Crippen molar-refractivity contribution in [3.8, 4) is 0 Å². The Hall–Kier alpha value is -2.30. The van der Waals surface area contributed by atoms with Crippen molar-refractivity contribution in [1.82, 2.24) is 4.98 Å². The molecule has 2 aromatic rings. The van der Waals surface area contributed by atoms with Crippen LogP contribution in [0, 0.1) is 0 Å². The zero-order valence-electron chi connectivity index (χ0n) is 10.1. The van der Waals surface area contributed by atoms with Gasteiger partial charge in [0.15, 0.2) is 0 Å². The molecule has 2 heterocycles. The molecule has 0 amide bonds. The van der Waals surface area contributed by atoms with Crippen LogP contribution < -0.4 is 5.32 Å². The quantitative estimate of drug-likeness (QED) is 0.821. The van der Waals surface area contributed by atoms with Gasteiger partial charge in [-0.2, -0.15) is 0 Å². The predicted octanol–water partition coefficient (Wildman–Crippen LogP) is 2.46. The normalized spacial score (nSPS) is 10.1. The van der Waals surface area contributed by atoms with Crippen LogP contribution >= 0.6 is 0 Å². The van der Waals surface area contributed by atoms with Gasteiger partial charge in [0.2, 0.25) is 0 Å². The summed E-state index contributed by atoms with van der Waals surface area (Å²) in [6.45, 7) is 2.65. The highest BCUT2D eigenvalue weighted by molar-refractivity contribution is 5.94. The second kappa shape index (κ2) is 5.86. The fourth-order valence-corrected chi connectivity index (χ4v) is 1.50. The van der Waals surface area contributed by atoms with E-state index in [-0.39, 0.29) is 5.97 Å². The zero-order chi connectivity index (χ0) is 12.8. The lowest BCUT2D eigenvalue weighted by molar-refractivity contribution is 0.0527. The highest BCUT2D eigenvalue weighted by Crippen LogP contribution is 2.14. The van der Waals surface area contributed by atoms with E-state index in [2.05, 4.69) is 10.3 Å². The van der Waals surface area contributed by atoms with Gasteiger partial charge in [0.1, 0.15) is 11.4 Å². The van der Waals surface area contributed by atoms with Crippen LogP contribution in [-0.4, -0.2) is 17.6 Å². The number of carbonyl (C=O) groups is 1. The third-order valence-electron chi connectivity index (χ3n) is 2.34. The largest absolute Gasteiger partial charge is 0.472 e. The molecule has 0 spiro atoms. The Morgan fingerprint density at radius 2 is 2.39 bits per heavy atom. The molecular weight excluding hydrogens is 232 g/mol. The maximum Gasteiger partial charge on any atom is 0.341 e. The number of nitrogens with one attached hydrogen (secondary N) is 1. The monoisotopic (exact) mass is 246 g/mol. The summed E-state index contributed by atoms with van der Waals surface area (Å²) in [6.07, 6.45) is 4.86. The van der Waals surface area contributed by atoms with Crippen molar-refractivity contribution in [2.75, 3.05) is 11.9 Å². The number of nitrogens with zero attached hydrogens (tertiary/aromatic N) is 1. The molecule has 0 aliphatic rings. The molecule has 18 heavy (non-hydrogen) atoms. The molecule has 0 radical (unpaired) electrons. The standard InChI is InChI=1S/C13H14N2O3/c1-2-18-13(16)11-4-3-6-14-12(11)15-8-10-5-7-17-9-10/h3-7,9H,2,8H2,1H3,(H,14,15). The Morgan fingerprint density at radius 1 is 1.50 bits per heavy atom. The lowest BCUT2D eigenvalue weighted by atomic mass is 10.2. The van der Waals surface area contributed by atoms with E-state index in [9.17, 15) is 4.79 Å². The Bertz CT molecular complexity index is 509. The smallest absolute Gasteiger partial charge is 0.341 e. The molecule has 5 heteroatoms. The van der Waals surface area contributed by atoms with Crippen LogP contribution in [0.5, 0.6) is 0 Å². The number of carbonyl (C=O) groups excluding carboxylic acids is 1. The first kappa shape index (κ1) is 12.2. The molecule has 94 valence electrons. The highest BCUT2D eigenvalue weighted by Gasteiger charge is 2.12. The molecular formula is C13H14N2O3. The number of pyridine rings is 1. The molecule has 2 rings (SSSR count). The fourth-order valence-electron chi connectivity index (χ4n) is 1.50. The van der Waals surface area contributed by atoms with Crippen molar-refractivity contribution in [3.63, 3.8) is 0 Å². The average Bonchev–Trinajstić information content (AvgIpc) is 2.90. The summed E-state index contributed by atoms with van der Waals surface area (Å²) in [5, 5.41) is 3.08. The molecule has 1 N–H and O–H groups in total. The van der Waals surface area contributed by atoms with Crippen LogP contribution in [0.15, 0.2) is 41.3 Å². The van der Waals surface area contributed by atoms with Crippen LogP contribution in [0.1, 0.15) is 22.8 Å². The molecule has 0 bridgehead atoms. The summed E-state index contributed by atoms with van der Waals surface area (Å²) < 4.78 is 9.94. The van der Waals surface area contributed by atoms with Crippen molar-refractivity contribution in [1.29, 1.82) is 0 Å². The molecule has 0 saturated carbocycles. The predicted molar refractivity (Wildman–Crippen MR) is 66.2 cm³/mol. The second-order valence-electron chi connectivity index (χ2n) is 3.61. The summed E-state index contributed by atoms with van der Waals surface area (Å²) in [5.41, 5.74) is 1.42. The van der Waals surface area contributed by atoms with Gasteiger partial charge in [-0.1, -0.05) is 0 Å². The molecule has 0 aliphatic heterocycles. The summed E-state index contributed by atoms with van der Waals surface area (Å²) in [5.74, 6) is 0.137. The first-order valence-corrected chi connectivity index (χ1v) is 5.68. The third kappa shape index (κ3) is 2.88. The average molecular weight is 246 g/mol. The Morgan fingerprint density at radius 3 is 3.11 bits per heavy atom. The van der Waals surface area contributed by atoms with E-state index < -0.39 is 0 Å². The third-order valence-corrected chi connectivity index (χ3v) is 2.34. The number of ether oxygens (including phenoxy) is 1. The highest BCUT2D eigenvalue weighted by atomic mass is 16.5. The SMILES string of the molecule is CCOC(=O)c1cccnc1NCc1ccoc1. The number of rotatable bonds is 5. The van der Waals surface area contributed by atoms with E-state index in [4.69, 9.17) is 9.15 Å². The van der Waals surface area contributed by atoms with Gasteiger partial charge < -0.3 is 14.5 Å². The van der Waals surface area contributed by atoms with Gasteiger partial charge in [0.05, 0.1) is 19.1 Å². The van der Waals surface area contributed by atoms with E-state index in [1.165, 1.54) is 0 Å². The topological polar surface area (TPSA) is 64.4 Å². The maximum atomic E-state index is 11.7. The van der Waals surface area contributed by atoms with Gasteiger partial charge in [-0.3, -0.25) is 0 Å². The molecule has 5 nitrogen and oxygen atoms in total. The summed E-state index contributed by atoms with van der Waals surface area (Å²) in [7, 11) is 0. The van der Waals surface area contributed by atoms with Gasteiger partial charge in [-0.25, -0.2) is 9.78 Å². The van der Waals surface area contributed by atoms with Crippen molar-refractivity contribution < 1.29 is 13.9 Å². The van der Waals surface area contributed by atoms with Crippen LogP contribution in [-0.2, 0) is 11.3 Å². The lowest BCUT2D eigenvalue weighted by Crippen LogP contribution is -2.10. The molecule has 2 aromatic heterocycles. The van der Waals surface area contributed by atoms with Gasteiger partial charge in [0, 0.05) is 18.3 Å². The fraction of sp³-hybridized carbons (Fsp3) is 0.231. The summed E-state index contributed by atoms with van der Waals surface area (Å²) in [6, 6.07) is 5.23. The maximum absolute atomic E-state index is 11.7. The van der Waals surface area contributed by atoms with Crippen LogP contribution in [0.2, 0.25) is 0 Å². The van der Waals surface area contributed by atoms with Gasteiger partial charge in [-0.05, 0) is 25.1 Å². The zero-order valence-corrected chi connectivity index (χ0v) is 10.1. The van der Waals surface area contributed by atoms with Crippen LogP contribution in [0.4, 0.5) is 5.82 Å². The minimum Gasteiger partial charge on any atom is -0.472 e. The Kier molecular flexibility index (Phi) is 3.96. The first-order chi connectivity index (χ1) is 8.81. The number of hydrogen-bond acceptors (Lipinski definition) is 5. The van der Waals surface area contributed by atoms with Gasteiger partial charge in [0.25, 0.3) is 0 Å². The van der Waals surface area contributed by atoms with Crippen molar-refractivity contribution in [2.45, 2.75) is 13.5 Å². The minimum atomic E-state index is -0.375. The number of furan rings is 1. The molecule has 0 aliphatic carbocycles. The van der Waals surface area contributed by atoms with E-state index in [1.807, 2.05) is 6.07 Å². The van der Waals surface area contributed by atoms with Crippen LogP contribution in [0.25, 0.3) is 0 Å². The Balaban J connectivity index is 2.09. The van der Waals surface area contributed by atoms with Gasteiger partial charge >= 0.3 is 5.97 Å². The molecule has 0 fully saturated rings. The summed E-state index contributed by atoms with van der Waals surface area (Å²) in [4.78, 5) is 15.8. The minimum absolute atomic E-state index is 0.342. The van der Waals surface area contributed by atoms with Crippen LogP contribution in [0.3, 0.4) is 0 Å². The number of esters is 1. The van der Waals surface area contributed by atoms with E-state index in [0.29, 0.717) is 24.5 Å². The van der Waals surface area contributed by atoms with Crippen molar-refractivity contribution in [2.24, 2.45) is 0 Å². The number of anilines is 1. The number of aromatic nitrogens is 1. The molecule has 0 atom stereocenters. The summed E-state index contributed by atoms with van der Waals surface area (Å²) >= 11 is 0. The first-order valence-electron chi connectivity index (χ1n) is 5.68. The second-order valence-corrected chi connectivity index (χ2v) is 3.61. The number of hydrogen-bond donors (Lipinski definition) is 1. The van der Waals surface area contributed by atoms with Crippen molar-refractivity contribution >= 4 is 11.8 Å². The van der Waals surface area contributed by atoms with E-state index >= 15 is 0 Å². The molecule has 0 unspecified atom stereocenters. The van der Waals surface area contributed by atoms with Crippen molar-refractivity contribution in [3.05, 3.63) is 48.0 Å². The molecule has 0 saturated heterocycles. The lowest BCUT2D eigenvalue weighted by Gasteiger charge is -2.09.